The Morgan fingerprint density at radius 2 is 1.57 bits per heavy atom. The van der Waals surface area contributed by atoms with Crippen LogP contribution >= 0.6 is 23.2 Å². The SMILES string of the molecule is CCCCOc1ccc(S(=O)(=O)c2cc(Cl)c(OCC(C)CC)c(Cl)c2)cc1. The van der Waals surface area contributed by atoms with Crippen molar-refractivity contribution in [3.8, 4) is 11.5 Å². The standard InChI is InChI=1S/C21H26Cl2O4S/c1-4-6-11-26-16-7-9-17(10-8-16)28(24,25)18-12-19(22)21(20(23)13-18)27-14-15(3)5-2/h7-10,12-13,15H,4-6,11,14H2,1-3H3. The van der Waals surface area contributed by atoms with Crippen molar-refractivity contribution in [2.45, 2.75) is 49.8 Å². The first kappa shape index (κ1) is 22.9. The fraction of sp³-hybridized carbons (Fsp3) is 0.429. The van der Waals surface area contributed by atoms with Crippen LogP contribution in [0.25, 0.3) is 0 Å². The van der Waals surface area contributed by atoms with Gasteiger partial charge in [-0.2, -0.15) is 0 Å². The maximum atomic E-state index is 12.9. The summed E-state index contributed by atoms with van der Waals surface area (Å²) in [7, 11) is -3.76. The highest BCUT2D eigenvalue weighted by Gasteiger charge is 2.22. The summed E-state index contributed by atoms with van der Waals surface area (Å²) in [5, 5.41) is 0.350. The van der Waals surface area contributed by atoms with Crippen LogP contribution in [0.5, 0.6) is 11.5 Å². The summed E-state index contributed by atoms with van der Waals surface area (Å²) in [4.78, 5) is 0.175. The molecule has 0 aliphatic heterocycles. The van der Waals surface area contributed by atoms with Crippen LogP contribution in [0.4, 0.5) is 0 Å². The molecule has 0 aliphatic carbocycles. The van der Waals surface area contributed by atoms with Crippen LogP contribution in [0.1, 0.15) is 40.0 Å². The van der Waals surface area contributed by atoms with Crippen LogP contribution in [-0.2, 0) is 9.84 Å². The van der Waals surface area contributed by atoms with E-state index in [9.17, 15) is 8.42 Å². The molecule has 7 heteroatoms. The molecule has 1 unspecified atom stereocenters. The lowest BCUT2D eigenvalue weighted by molar-refractivity contribution is 0.257. The van der Waals surface area contributed by atoms with Crippen LogP contribution < -0.4 is 9.47 Å². The molecule has 0 saturated heterocycles. The van der Waals surface area contributed by atoms with Gasteiger partial charge in [0.25, 0.3) is 0 Å². The minimum Gasteiger partial charge on any atom is -0.494 e. The Morgan fingerprint density at radius 3 is 2.11 bits per heavy atom. The maximum absolute atomic E-state index is 12.9. The number of sulfone groups is 1. The Hall–Kier alpha value is -1.43. The fourth-order valence-electron chi connectivity index (χ4n) is 2.36. The van der Waals surface area contributed by atoms with Crippen LogP contribution in [0.2, 0.25) is 10.0 Å². The predicted molar refractivity (Wildman–Crippen MR) is 114 cm³/mol. The van der Waals surface area contributed by atoms with Gasteiger partial charge in [-0.1, -0.05) is 56.8 Å². The van der Waals surface area contributed by atoms with E-state index in [1.165, 1.54) is 24.3 Å². The molecule has 0 fully saturated rings. The minimum absolute atomic E-state index is 0.0260. The Bertz CT molecular complexity index is 857. The van der Waals surface area contributed by atoms with Crippen molar-refractivity contribution in [2.75, 3.05) is 13.2 Å². The van der Waals surface area contributed by atoms with Gasteiger partial charge in [-0.25, -0.2) is 8.42 Å². The highest BCUT2D eigenvalue weighted by atomic mass is 35.5. The third kappa shape index (κ3) is 5.79. The molecule has 0 aromatic heterocycles. The monoisotopic (exact) mass is 444 g/mol. The van der Waals surface area contributed by atoms with Crippen molar-refractivity contribution in [3.05, 3.63) is 46.4 Å². The Morgan fingerprint density at radius 1 is 0.964 bits per heavy atom. The maximum Gasteiger partial charge on any atom is 0.206 e. The largest absolute Gasteiger partial charge is 0.494 e. The number of hydrogen-bond donors (Lipinski definition) is 0. The highest BCUT2D eigenvalue weighted by molar-refractivity contribution is 7.91. The molecular formula is C21H26Cl2O4S. The molecule has 2 aromatic carbocycles. The van der Waals surface area contributed by atoms with E-state index in [4.69, 9.17) is 32.7 Å². The molecular weight excluding hydrogens is 419 g/mol. The van der Waals surface area contributed by atoms with Crippen LogP contribution in [-0.4, -0.2) is 21.6 Å². The van der Waals surface area contributed by atoms with Gasteiger partial charge < -0.3 is 9.47 Å². The third-order valence-corrected chi connectivity index (χ3v) is 6.70. The predicted octanol–water partition coefficient (Wildman–Crippen LogP) is 6.43. The molecule has 0 N–H and O–H groups in total. The van der Waals surface area contributed by atoms with E-state index >= 15 is 0 Å². The molecule has 0 bridgehead atoms. The molecule has 1 atom stereocenters. The van der Waals surface area contributed by atoms with Crippen molar-refractivity contribution in [1.82, 2.24) is 0 Å². The third-order valence-electron chi connectivity index (χ3n) is 4.39. The number of unbranched alkanes of at least 4 members (excludes halogenated alkanes) is 1. The van der Waals surface area contributed by atoms with Gasteiger partial charge in [0.15, 0.2) is 5.75 Å². The topological polar surface area (TPSA) is 52.6 Å². The van der Waals surface area contributed by atoms with Gasteiger partial charge in [0.05, 0.1) is 33.0 Å². The zero-order valence-corrected chi connectivity index (χ0v) is 18.7. The molecule has 4 nitrogen and oxygen atoms in total. The summed E-state index contributed by atoms with van der Waals surface area (Å²) in [5.74, 6) is 1.29. The normalized spacial score (nSPS) is 12.6. The van der Waals surface area contributed by atoms with Gasteiger partial charge in [-0.3, -0.25) is 0 Å². The van der Waals surface area contributed by atoms with Crippen molar-refractivity contribution in [2.24, 2.45) is 5.92 Å². The van der Waals surface area contributed by atoms with E-state index in [2.05, 4.69) is 20.8 Å². The Balaban J connectivity index is 2.23. The van der Waals surface area contributed by atoms with Gasteiger partial charge in [-0.15, -0.1) is 0 Å². The average molecular weight is 445 g/mol. The molecule has 2 aromatic rings. The van der Waals surface area contributed by atoms with Crippen molar-refractivity contribution in [3.63, 3.8) is 0 Å². The Kier molecular flexibility index (Phi) is 8.47. The van der Waals surface area contributed by atoms with E-state index in [1.54, 1.807) is 12.1 Å². The second-order valence-corrected chi connectivity index (χ2v) is 9.48. The first-order valence-electron chi connectivity index (χ1n) is 9.39. The van der Waals surface area contributed by atoms with Gasteiger partial charge in [0.2, 0.25) is 9.84 Å². The summed E-state index contributed by atoms with van der Waals surface area (Å²) < 4.78 is 37.1. The summed E-state index contributed by atoms with van der Waals surface area (Å²) in [5.41, 5.74) is 0. The quantitative estimate of drug-likeness (QED) is 0.396. The van der Waals surface area contributed by atoms with Gasteiger partial charge in [0.1, 0.15) is 5.75 Å². The van der Waals surface area contributed by atoms with Gasteiger partial charge >= 0.3 is 0 Å². The Labute approximate surface area is 177 Å². The smallest absolute Gasteiger partial charge is 0.206 e. The summed E-state index contributed by atoms with van der Waals surface area (Å²) >= 11 is 12.5. The molecule has 2 rings (SSSR count). The molecule has 28 heavy (non-hydrogen) atoms. The molecule has 154 valence electrons. The van der Waals surface area contributed by atoms with Crippen LogP contribution in [0.15, 0.2) is 46.2 Å². The zero-order valence-electron chi connectivity index (χ0n) is 16.4. The number of hydrogen-bond acceptors (Lipinski definition) is 4. The summed E-state index contributed by atoms with van der Waals surface area (Å²) in [6, 6.07) is 9.09. The molecule has 0 amide bonds. The van der Waals surface area contributed by atoms with Crippen LogP contribution in [0.3, 0.4) is 0 Å². The van der Waals surface area contributed by atoms with Gasteiger partial charge in [0, 0.05) is 0 Å². The van der Waals surface area contributed by atoms with E-state index < -0.39 is 9.84 Å². The number of halogens is 2. The first-order valence-corrected chi connectivity index (χ1v) is 11.6. The zero-order chi connectivity index (χ0) is 20.7. The van der Waals surface area contributed by atoms with E-state index in [0.717, 1.165) is 19.3 Å². The van der Waals surface area contributed by atoms with E-state index in [-0.39, 0.29) is 19.8 Å². The number of rotatable bonds is 10. The molecule has 0 aliphatic rings. The summed E-state index contributed by atoms with van der Waals surface area (Å²) in [6.45, 7) is 7.26. The number of benzene rings is 2. The average Bonchev–Trinajstić information content (AvgIpc) is 2.67. The van der Waals surface area contributed by atoms with Crippen molar-refractivity contribution in [1.29, 1.82) is 0 Å². The van der Waals surface area contributed by atoms with E-state index in [1.807, 2.05) is 0 Å². The highest BCUT2D eigenvalue weighted by Crippen LogP contribution is 2.37. The van der Waals surface area contributed by atoms with Crippen LogP contribution in [0, 0.1) is 5.92 Å². The van der Waals surface area contributed by atoms with E-state index in [0.29, 0.717) is 30.6 Å². The molecule has 0 saturated carbocycles. The second kappa shape index (κ2) is 10.4. The van der Waals surface area contributed by atoms with Crippen molar-refractivity contribution >= 4 is 33.0 Å². The second-order valence-electron chi connectivity index (χ2n) is 6.72. The van der Waals surface area contributed by atoms with Gasteiger partial charge in [-0.05, 0) is 48.7 Å². The fourth-order valence-corrected chi connectivity index (χ4v) is 4.40. The molecule has 0 spiro atoms. The van der Waals surface area contributed by atoms with Crippen molar-refractivity contribution < 1.29 is 17.9 Å². The molecule has 0 heterocycles. The number of ether oxygens (including phenoxy) is 2. The minimum atomic E-state index is -3.76. The first-order chi connectivity index (χ1) is 13.3. The summed E-state index contributed by atoms with van der Waals surface area (Å²) in [6.07, 6.45) is 2.94. The lowest BCUT2D eigenvalue weighted by Gasteiger charge is -2.15. The lowest BCUT2D eigenvalue weighted by atomic mass is 10.1. The molecule has 0 radical (unpaired) electrons. The lowest BCUT2D eigenvalue weighted by Crippen LogP contribution is -2.08.